The van der Waals surface area contributed by atoms with Crippen LogP contribution in [0, 0.1) is 13.8 Å². The first-order valence-electron chi connectivity index (χ1n) is 10.0. The highest BCUT2D eigenvalue weighted by molar-refractivity contribution is 7.80. The molecule has 1 N–H and O–H groups in total. The maximum atomic E-state index is 5.79. The van der Waals surface area contributed by atoms with Gasteiger partial charge in [-0.05, 0) is 75.3 Å². The summed E-state index contributed by atoms with van der Waals surface area (Å²) in [5.74, 6) is 0. The molecule has 3 aromatic heterocycles. The van der Waals surface area contributed by atoms with Gasteiger partial charge < -0.3 is 14.8 Å². The van der Waals surface area contributed by atoms with Crippen molar-refractivity contribution in [3.8, 4) is 0 Å². The lowest BCUT2D eigenvalue weighted by atomic mass is 9.96. The van der Waals surface area contributed by atoms with E-state index in [1.165, 1.54) is 17.0 Å². The Balaban J connectivity index is 1.81. The summed E-state index contributed by atoms with van der Waals surface area (Å²) in [6, 6.07) is 12.9. The van der Waals surface area contributed by atoms with Gasteiger partial charge in [-0.25, -0.2) is 0 Å². The maximum Gasteiger partial charge on any atom is 0.170 e. The molecular formula is C23H27N5S. The van der Waals surface area contributed by atoms with Crippen LogP contribution < -0.4 is 5.32 Å². The molecule has 0 amide bonds. The zero-order valence-electron chi connectivity index (χ0n) is 17.3. The topological polar surface area (TPSA) is 46.0 Å². The molecule has 2 atom stereocenters. The van der Waals surface area contributed by atoms with Gasteiger partial charge in [0.1, 0.15) is 0 Å². The van der Waals surface area contributed by atoms with Gasteiger partial charge in [-0.1, -0.05) is 12.1 Å². The van der Waals surface area contributed by atoms with Crippen molar-refractivity contribution < 1.29 is 0 Å². The second-order valence-electron chi connectivity index (χ2n) is 7.91. The molecule has 3 aromatic rings. The Labute approximate surface area is 177 Å². The minimum Gasteiger partial charge on any atom is -0.352 e. The van der Waals surface area contributed by atoms with E-state index in [0.717, 1.165) is 16.4 Å². The predicted octanol–water partition coefficient (Wildman–Crippen LogP) is 4.65. The molecule has 150 valence electrons. The van der Waals surface area contributed by atoms with Crippen molar-refractivity contribution in [2.24, 2.45) is 0 Å². The monoisotopic (exact) mass is 405 g/mol. The lowest BCUT2D eigenvalue weighted by Crippen LogP contribution is -2.29. The van der Waals surface area contributed by atoms with E-state index in [9.17, 15) is 0 Å². The van der Waals surface area contributed by atoms with Crippen LogP contribution in [0.1, 0.15) is 60.2 Å². The Bertz CT molecular complexity index is 997. The first kappa shape index (κ1) is 19.6. The number of thiocarbonyl (C=S) groups is 1. The van der Waals surface area contributed by atoms with E-state index in [-0.39, 0.29) is 12.1 Å². The highest BCUT2D eigenvalue weighted by Gasteiger charge is 2.41. The SMILES string of the molecule is Cc1cc([C@@H]2[C@H](c3ccccn3)NC(=S)N2Cc2cccnc2)c(C)n1C(C)C. The number of hydrogen-bond donors (Lipinski definition) is 1. The summed E-state index contributed by atoms with van der Waals surface area (Å²) >= 11 is 5.79. The second kappa shape index (κ2) is 7.95. The van der Waals surface area contributed by atoms with Gasteiger partial charge in [-0.3, -0.25) is 9.97 Å². The summed E-state index contributed by atoms with van der Waals surface area (Å²) in [6.45, 7) is 9.55. The summed E-state index contributed by atoms with van der Waals surface area (Å²) in [7, 11) is 0. The Hall–Kier alpha value is -2.73. The third-order valence-electron chi connectivity index (χ3n) is 5.63. The Morgan fingerprint density at radius 2 is 1.97 bits per heavy atom. The average Bonchev–Trinajstić information content (AvgIpc) is 3.19. The number of hydrogen-bond acceptors (Lipinski definition) is 3. The molecule has 0 unspecified atom stereocenters. The van der Waals surface area contributed by atoms with Gasteiger partial charge in [0.25, 0.3) is 0 Å². The Kier molecular flexibility index (Phi) is 5.37. The van der Waals surface area contributed by atoms with E-state index < -0.39 is 0 Å². The lowest BCUT2D eigenvalue weighted by Gasteiger charge is -2.28. The van der Waals surface area contributed by atoms with Crippen LogP contribution in [-0.2, 0) is 6.54 Å². The average molecular weight is 406 g/mol. The summed E-state index contributed by atoms with van der Waals surface area (Å²) in [5, 5.41) is 4.29. The van der Waals surface area contributed by atoms with Crippen LogP contribution in [0.4, 0.5) is 0 Å². The first-order valence-corrected chi connectivity index (χ1v) is 10.4. The van der Waals surface area contributed by atoms with Crippen LogP contribution in [0.25, 0.3) is 0 Å². The molecule has 1 fully saturated rings. The Morgan fingerprint density at radius 1 is 1.14 bits per heavy atom. The number of aromatic nitrogens is 3. The summed E-state index contributed by atoms with van der Waals surface area (Å²) in [6.07, 6.45) is 5.55. The smallest absolute Gasteiger partial charge is 0.170 e. The highest BCUT2D eigenvalue weighted by atomic mass is 32.1. The quantitative estimate of drug-likeness (QED) is 0.626. The highest BCUT2D eigenvalue weighted by Crippen LogP contribution is 2.42. The third kappa shape index (κ3) is 3.65. The van der Waals surface area contributed by atoms with Gasteiger partial charge in [0.2, 0.25) is 0 Å². The molecule has 6 heteroatoms. The predicted molar refractivity (Wildman–Crippen MR) is 120 cm³/mol. The van der Waals surface area contributed by atoms with E-state index in [0.29, 0.717) is 12.6 Å². The molecule has 1 saturated heterocycles. The molecule has 1 aliphatic rings. The van der Waals surface area contributed by atoms with Gasteiger partial charge in [-0.15, -0.1) is 0 Å². The van der Waals surface area contributed by atoms with Gasteiger partial charge in [0.15, 0.2) is 5.11 Å². The molecule has 0 saturated carbocycles. The van der Waals surface area contributed by atoms with Crippen molar-refractivity contribution in [2.75, 3.05) is 0 Å². The summed E-state index contributed by atoms with van der Waals surface area (Å²) < 4.78 is 2.40. The minimum absolute atomic E-state index is 0.00137. The standard InChI is InChI=1S/C23H27N5S/c1-15(2)28-16(3)12-19(17(28)4)22-21(20-9-5-6-11-25-20)26-23(29)27(22)14-18-8-7-10-24-13-18/h5-13,15,21-22H,14H2,1-4H3,(H,26,29)/t21-,22+/m0/s1. The molecular weight excluding hydrogens is 378 g/mol. The molecule has 4 rings (SSSR count). The third-order valence-corrected chi connectivity index (χ3v) is 5.98. The number of nitrogens with one attached hydrogen (secondary N) is 1. The van der Waals surface area contributed by atoms with Crippen LogP contribution in [-0.4, -0.2) is 24.5 Å². The molecule has 29 heavy (non-hydrogen) atoms. The number of nitrogens with zero attached hydrogens (tertiary/aromatic N) is 4. The zero-order valence-corrected chi connectivity index (χ0v) is 18.1. The van der Waals surface area contributed by atoms with Gasteiger partial charge in [0, 0.05) is 42.6 Å². The fraction of sp³-hybridized carbons (Fsp3) is 0.348. The van der Waals surface area contributed by atoms with Crippen LogP contribution in [0.5, 0.6) is 0 Å². The molecule has 4 heterocycles. The van der Waals surface area contributed by atoms with Gasteiger partial charge in [0.05, 0.1) is 17.8 Å². The molecule has 0 aliphatic carbocycles. The number of rotatable bonds is 5. The fourth-order valence-electron chi connectivity index (χ4n) is 4.50. The van der Waals surface area contributed by atoms with Crippen molar-refractivity contribution in [2.45, 2.75) is 52.4 Å². The normalized spacial score (nSPS) is 19.1. The van der Waals surface area contributed by atoms with Crippen molar-refractivity contribution in [1.29, 1.82) is 0 Å². The van der Waals surface area contributed by atoms with Crippen molar-refractivity contribution in [1.82, 2.24) is 24.8 Å². The molecule has 1 aliphatic heterocycles. The minimum atomic E-state index is 0.00137. The van der Waals surface area contributed by atoms with E-state index in [4.69, 9.17) is 12.2 Å². The van der Waals surface area contributed by atoms with Crippen LogP contribution in [0.2, 0.25) is 0 Å². The first-order chi connectivity index (χ1) is 14.0. The fourth-order valence-corrected chi connectivity index (χ4v) is 4.80. The number of aryl methyl sites for hydroxylation is 1. The zero-order chi connectivity index (χ0) is 20.5. The van der Waals surface area contributed by atoms with E-state index in [2.05, 4.69) is 70.6 Å². The maximum absolute atomic E-state index is 5.79. The van der Waals surface area contributed by atoms with Crippen molar-refractivity contribution in [3.63, 3.8) is 0 Å². The van der Waals surface area contributed by atoms with Crippen LogP contribution in [0.15, 0.2) is 55.0 Å². The summed E-state index contributed by atoms with van der Waals surface area (Å²) in [5.41, 5.74) is 5.99. The molecule has 0 aromatic carbocycles. The van der Waals surface area contributed by atoms with Crippen molar-refractivity contribution >= 4 is 17.3 Å². The molecule has 0 radical (unpaired) electrons. The molecule has 0 spiro atoms. The lowest BCUT2D eigenvalue weighted by molar-refractivity contribution is 0.309. The molecule has 5 nitrogen and oxygen atoms in total. The van der Waals surface area contributed by atoms with Gasteiger partial charge in [-0.2, -0.15) is 0 Å². The van der Waals surface area contributed by atoms with Crippen molar-refractivity contribution in [3.05, 3.63) is 83.2 Å². The van der Waals surface area contributed by atoms with E-state index in [1.54, 1.807) is 6.20 Å². The molecule has 0 bridgehead atoms. The largest absolute Gasteiger partial charge is 0.352 e. The Morgan fingerprint density at radius 3 is 2.59 bits per heavy atom. The number of pyridine rings is 2. The van der Waals surface area contributed by atoms with E-state index >= 15 is 0 Å². The van der Waals surface area contributed by atoms with E-state index in [1.807, 2.05) is 30.6 Å². The summed E-state index contributed by atoms with van der Waals surface area (Å²) in [4.78, 5) is 11.2. The van der Waals surface area contributed by atoms with Gasteiger partial charge >= 0.3 is 0 Å². The van der Waals surface area contributed by atoms with Crippen LogP contribution >= 0.6 is 12.2 Å². The second-order valence-corrected chi connectivity index (χ2v) is 8.29. The van der Waals surface area contributed by atoms with Crippen LogP contribution in [0.3, 0.4) is 0 Å².